The molecule has 0 saturated heterocycles. The summed E-state index contributed by atoms with van der Waals surface area (Å²) >= 11 is 0. The van der Waals surface area contributed by atoms with Gasteiger partial charge in [0, 0.05) is 37.7 Å². The van der Waals surface area contributed by atoms with Gasteiger partial charge in [0.1, 0.15) is 0 Å². The van der Waals surface area contributed by atoms with E-state index in [2.05, 4.69) is 15.4 Å². The summed E-state index contributed by atoms with van der Waals surface area (Å²) in [4.78, 5) is 42.1. The van der Waals surface area contributed by atoms with Crippen molar-refractivity contribution in [3.05, 3.63) is 80.9 Å². The van der Waals surface area contributed by atoms with Gasteiger partial charge in [-0.3, -0.25) is 19.1 Å². The number of amides is 1. The molecule has 0 bridgehead atoms. The molecule has 1 aromatic carbocycles. The highest BCUT2D eigenvalue weighted by Crippen LogP contribution is 2.11. The first kappa shape index (κ1) is 22.1. The van der Waals surface area contributed by atoms with E-state index in [1.165, 1.54) is 24.3 Å². The molecule has 0 aliphatic rings. The van der Waals surface area contributed by atoms with Gasteiger partial charge < -0.3 is 5.32 Å². The fourth-order valence-electron chi connectivity index (χ4n) is 2.87. The van der Waals surface area contributed by atoms with E-state index in [-0.39, 0.29) is 23.7 Å². The van der Waals surface area contributed by atoms with Crippen molar-refractivity contribution < 1.29 is 13.2 Å². The van der Waals surface area contributed by atoms with Gasteiger partial charge in [-0.15, -0.1) is 0 Å². The molecule has 3 aromatic rings. The zero-order valence-corrected chi connectivity index (χ0v) is 17.8. The van der Waals surface area contributed by atoms with Crippen LogP contribution in [-0.4, -0.2) is 46.5 Å². The lowest BCUT2D eigenvalue weighted by atomic mass is 10.2. The molecule has 1 amide bonds. The Bertz CT molecular complexity index is 1310. The smallest absolute Gasteiger partial charge is 0.350 e. The number of sulfone groups is 1. The summed E-state index contributed by atoms with van der Waals surface area (Å²) in [6, 6.07) is 10.9. The molecule has 3 rings (SSSR count). The normalized spacial score (nSPS) is 11.3. The second-order valence-corrected chi connectivity index (χ2v) is 8.70. The van der Waals surface area contributed by atoms with Gasteiger partial charge in [0.2, 0.25) is 5.69 Å². The van der Waals surface area contributed by atoms with E-state index in [9.17, 15) is 22.8 Å². The van der Waals surface area contributed by atoms with Crippen LogP contribution in [0.1, 0.15) is 23.1 Å². The van der Waals surface area contributed by atoms with Crippen LogP contribution in [0.4, 0.5) is 0 Å². The summed E-state index contributed by atoms with van der Waals surface area (Å²) in [5.41, 5.74) is -0.967. The summed E-state index contributed by atoms with van der Waals surface area (Å²) < 4.78 is 25.1. The number of carbonyl (C=O) groups is 1. The van der Waals surface area contributed by atoms with Gasteiger partial charge in [-0.05, 0) is 43.3 Å². The van der Waals surface area contributed by atoms with Gasteiger partial charge in [-0.2, -0.15) is 9.78 Å². The highest BCUT2D eigenvalue weighted by Gasteiger charge is 2.19. The minimum Gasteiger partial charge on any atom is -0.350 e. The Balaban J connectivity index is 1.93. The van der Waals surface area contributed by atoms with Gasteiger partial charge in [-0.25, -0.2) is 13.2 Å². The fraction of sp³-hybridized carbons (Fsp3) is 0.250. The topological polar surface area (TPSA) is 133 Å². The predicted molar refractivity (Wildman–Crippen MR) is 113 cm³/mol. The quantitative estimate of drug-likeness (QED) is 0.551. The van der Waals surface area contributed by atoms with Gasteiger partial charge in [0.25, 0.3) is 11.5 Å². The van der Waals surface area contributed by atoms with Gasteiger partial charge in [0.15, 0.2) is 9.84 Å². The van der Waals surface area contributed by atoms with Crippen molar-refractivity contribution >= 4 is 15.7 Å². The van der Waals surface area contributed by atoms with Crippen LogP contribution in [0.5, 0.6) is 0 Å². The molecular formula is C20H21N5O5S. The molecule has 2 heterocycles. The van der Waals surface area contributed by atoms with Crippen molar-refractivity contribution in [3.63, 3.8) is 0 Å². The maximum absolute atomic E-state index is 12.7. The molecule has 0 spiro atoms. The van der Waals surface area contributed by atoms with Crippen molar-refractivity contribution in [3.8, 4) is 5.69 Å². The zero-order valence-electron chi connectivity index (χ0n) is 17.0. The first-order chi connectivity index (χ1) is 14.7. The number of hydrogen-bond donors (Lipinski definition) is 1. The molecule has 0 atom stereocenters. The summed E-state index contributed by atoms with van der Waals surface area (Å²) in [6.45, 7) is 1.86. The van der Waals surface area contributed by atoms with Crippen LogP contribution in [0, 0.1) is 0 Å². The molecule has 0 unspecified atom stereocenters. The maximum atomic E-state index is 12.7. The molecule has 10 nitrogen and oxygen atoms in total. The van der Waals surface area contributed by atoms with E-state index in [1.807, 2.05) is 12.1 Å². The molecular weight excluding hydrogens is 422 g/mol. The molecule has 0 fully saturated rings. The highest BCUT2D eigenvalue weighted by molar-refractivity contribution is 7.90. The van der Waals surface area contributed by atoms with Crippen molar-refractivity contribution in [1.82, 2.24) is 24.6 Å². The number of rotatable bonds is 7. The Morgan fingerprint density at radius 1 is 1.10 bits per heavy atom. The third-order valence-corrected chi connectivity index (χ3v) is 5.62. The van der Waals surface area contributed by atoms with Crippen LogP contribution >= 0.6 is 0 Å². The Hall–Kier alpha value is -3.60. The number of nitrogens with one attached hydrogen (secondary N) is 1. The Labute approximate surface area is 178 Å². The van der Waals surface area contributed by atoms with Crippen LogP contribution in [0.15, 0.2) is 63.1 Å². The Morgan fingerprint density at radius 2 is 1.81 bits per heavy atom. The van der Waals surface area contributed by atoms with Gasteiger partial charge >= 0.3 is 5.69 Å². The summed E-state index contributed by atoms with van der Waals surface area (Å²) in [5.74, 6) is -0.718. The predicted octanol–water partition coefficient (Wildman–Crippen LogP) is 0.185. The third kappa shape index (κ3) is 4.94. The van der Waals surface area contributed by atoms with Gasteiger partial charge in [-0.1, -0.05) is 6.07 Å². The lowest BCUT2D eigenvalue weighted by molar-refractivity contribution is 0.0944. The number of hydrogen-bond acceptors (Lipinski definition) is 7. The standard InChI is InChI=1S/C20H21N5O5S/c1-3-24-19(27)17(18(26)22-13-11-14-6-4-5-12-21-14)23-25(20(24)28)15-7-9-16(10-8-15)31(2,29)30/h4-10,12H,3,11,13H2,1-2H3,(H,22,26). The van der Waals surface area contributed by atoms with E-state index in [4.69, 9.17) is 0 Å². The van der Waals surface area contributed by atoms with Crippen LogP contribution in [-0.2, 0) is 22.8 Å². The van der Waals surface area contributed by atoms with E-state index in [1.54, 1.807) is 19.2 Å². The molecule has 2 aromatic heterocycles. The van der Waals surface area contributed by atoms with E-state index < -0.39 is 32.7 Å². The SMILES string of the molecule is CCn1c(=O)c(C(=O)NCCc2ccccn2)nn(-c2ccc(S(C)(=O)=O)cc2)c1=O. The zero-order chi connectivity index (χ0) is 22.6. The molecule has 0 aliphatic heterocycles. The van der Waals surface area contributed by atoms with Crippen molar-refractivity contribution in [1.29, 1.82) is 0 Å². The first-order valence-electron chi connectivity index (χ1n) is 9.45. The molecule has 0 radical (unpaired) electrons. The monoisotopic (exact) mass is 443 g/mol. The van der Waals surface area contributed by atoms with Crippen LogP contribution < -0.4 is 16.6 Å². The Morgan fingerprint density at radius 3 is 2.39 bits per heavy atom. The van der Waals surface area contributed by atoms with Crippen LogP contribution in [0.3, 0.4) is 0 Å². The minimum atomic E-state index is -3.42. The number of carbonyl (C=O) groups excluding carboxylic acids is 1. The van der Waals surface area contributed by atoms with Crippen LogP contribution in [0.25, 0.3) is 5.69 Å². The summed E-state index contributed by atoms with van der Waals surface area (Å²) in [5, 5.41) is 6.58. The first-order valence-corrected chi connectivity index (χ1v) is 11.3. The van der Waals surface area contributed by atoms with Crippen molar-refractivity contribution in [2.24, 2.45) is 0 Å². The van der Waals surface area contributed by atoms with Crippen LogP contribution in [0.2, 0.25) is 0 Å². The van der Waals surface area contributed by atoms with E-state index in [0.29, 0.717) is 6.42 Å². The number of pyridine rings is 1. The molecule has 31 heavy (non-hydrogen) atoms. The van der Waals surface area contributed by atoms with Crippen molar-refractivity contribution in [2.45, 2.75) is 24.8 Å². The second-order valence-electron chi connectivity index (χ2n) is 6.69. The second kappa shape index (κ2) is 9.04. The average Bonchev–Trinajstić information content (AvgIpc) is 2.74. The fourth-order valence-corrected chi connectivity index (χ4v) is 3.50. The van der Waals surface area contributed by atoms with Crippen molar-refractivity contribution in [2.75, 3.05) is 12.8 Å². The van der Waals surface area contributed by atoms with Gasteiger partial charge in [0.05, 0.1) is 10.6 Å². The lowest BCUT2D eigenvalue weighted by Gasteiger charge is -2.11. The molecule has 1 N–H and O–H groups in total. The minimum absolute atomic E-state index is 0.0375. The lowest BCUT2D eigenvalue weighted by Crippen LogP contribution is -2.45. The summed E-state index contributed by atoms with van der Waals surface area (Å²) in [6.07, 6.45) is 3.17. The average molecular weight is 443 g/mol. The maximum Gasteiger partial charge on any atom is 0.352 e. The van der Waals surface area contributed by atoms with E-state index in [0.717, 1.165) is 21.2 Å². The Kier molecular flexibility index (Phi) is 6.44. The molecule has 162 valence electrons. The van der Waals surface area contributed by atoms with E-state index >= 15 is 0 Å². The highest BCUT2D eigenvalue weighted by atomic mass is 32.2. The summed E-state index contributed by atoms with van der Waals surface area (Å²) in [7, 11) is -3.42. The largest absolute Gasteiger partial charge is 0.352 e. The molecule has 11 heteroatoms. The molecule has 0 aliphatic carbocycles. The number of benzene rings is 1. The molecule has 0 saturated carbocycles. The third-order valence-electron chi connectivity index (χ3n) is 4.49. The number of aromatic nitrogens is 4. The number of nitrogens with zero attached hydrogens (tertiary/aromatic N) is 4.